The Morgan fingerprint density at radius 1 is 1.08 bits per heavy atom. The van der Waals surface area contributed by atoms with Crippen LogP contribution >= 0.6 is 11.8 Å². The molecule has 0 saturated carbocycles. The van der Waals surface area contributed by atoms with Gasteiger partial charge in [-0.15, -0.1) is 11.8 Å². The molecule has 0 unspecified atom stereocenters. The van der Waals surface area contributed by atoms with Gasteiger partial charge in [-0.1, -0.05) is 35.4 Å². The van der Waals surface area contributed by atoms with E-state index in [9.17, 15) is 4.79 Å². The molecular formula is C20H25NO2S. The van der Waals surface area contributed by atoms with E-state index in [1.807, 2.05) is 12.1 Å². The topological polar surface area (TPSA) is 38.3 Å². The van der Waals surface area contributed by atoms with Crippen molar-refractivity contribution in [3.05, 3.63) is 59.2 Å². The number of carbonyl (C=O) groups is 1. The molecule has 4 heteroatoms. The first-order valence-corrected chi connectivity index (χ1v) is 9.16. The quantitative estimate of drug-likeness (QED) is 0.732. The molecule has 1 amide bonds. The lowest BCUT2D eigenvalue weighted by Gasteiger charge is -2.10. The predicted octanol–water partition coefficient (Wildman–Crippen LogP) is 4.15. The normalized spacial score (nSPS) is 10.5. The molecule has 0 heterocycles. The Morgan fingerprint density at radius 3 is 2.50 bits per heavy atom. The lowest BCUT2D eigenvalue weighted by Crippen LogP contribution is -2.26. The van der Waals surface area contributed by atoms with Crippen molar-refractivity contribution in [3.63, 3.8) is 0 Å². The summed E-state index contributed by atoms with van der Waals surface area (Å²) in [5.41, 5.74) is 3.59. The van der Waals surface area contributed by atoms with Crippen LogP contribution in [0.2, 0.25) is 0 Å². The summed E-state index contributed by atoms with van der Waals surface area (Å²) in [5, 5.41) is 2.99. The lowest BCUT2D eigenvalue weighted by atomic mass is 10.1. The minimum Gasteiger partial charge on any atom is -0.496 e. The standard InChI is InChI=1S/C20H25NO2S/c1-15-4-7-18(8-5-15)24-13-11-20(22)21-12-10-17-14-16(2)6-9-19(17)23-3/h4-9,14H,10-13H2,1-3H3,(H,21,22). The third kappa shape index (κ3) is 5.93. The van der Waals surface area contributed by atoms with E-state index >= 15 is 0 Å². The number of methoxy groups -OCH3 is 1. The molecule has 0 saturated heterocycles. The van der Waals surface area contributed by atoms with Crippen molar-refractivity contribution in [2.75, 3.05) is 19.4 Å². The van der Waals surface area contributed by atoms with Crippen LogP contribution in [-0.2, 0) is 11.2 Å². The second-order valence-electron chi connectivity index (χ2n) is 5.83. The highest BCUT2D eigenvalue weighted by Gasteiger charge is 2.05. The molecule has 0 aliphatic rings. The highest BCUT2D eigenvalue weighted by molar-refractivity contribution is 7.99. The van der Waals surface area contributed by atoms with Gasteiger partial charge in [0.15, 0.2) is 0 Å². The van der Waals surface area contributed by atoms with Gasteiger partial charge in [0.05, 0.1) is 7.11 Å². The third-order valence-electron chi connectivity index (χ3n) is 3.77. The smallest absolute Gasteiger partial charge is 0.220 e. The summed E-state index contributed by atoms with van der Waals surface area (Å²) in [6.07, 6.45) is 1.31. The molecule has 0 bridgehead atoms. The van der Waals surface area contributed by atoms with Gasteiger partial charge in [-0.2, -0.15) is 0 Å². The second kappa shape index (κ2) is 9.38. The van der Waals surface area contributed by atoms with Crippen LogP contribution in [0.3, 0.4) is 0 Å². The Labute approximate surface area is 148 Å². The van der Waals surface area contributed by atoms with Crippen LogP contribution in [-0.4, -0.2) is 25.3 Å². The molecular weight excluding hydrogens is 318 g/mol. The Bertz CT molecular complexity index is 668. The van der Waals surface area contributed by atoms with Gasteiger partial charge >= 0.3 is 0 Å². The van der Waals surface area contributed by atoms with Gasteiger partial charge in [-0.3, -0.25) is 4.79 Å². The molecule has 2 aromatic carbocycles. The minimum atomic E-state index is 0.0984. The molecule has 0 aromatic heterocycles. The maximum absolute atomic E-state index is 11.9. The van der Waals surface area contributed by atoms with Crippen LogP contribution < -0.4 is 10.1 Å². The first kappa shape index (κ1) is 18.4. The fraction of sp³-hybridized carbons (Fsp3) is 0.350. The van der Waals surface area contributed by atoms with Crippen molar-refractivity contribution in [3.8, 4) is 5.75 Å². The van der Waals surface area contributed by atoms with Gasteiger partial charge in [-0.05, 0) is 44.0 Å². The number of aryl methyl sites for hydroxylation is 2. The van der Waals surface area contributed by atoms with Gasteiger partial charge in [0.1, 0.15) is 5.75 Å². The Morgan fingerprint density at radius 2 is 1.79 bits per heavy atom. The van der Waals surface area contributed by atoms with Gasteiger partial charge < -0.3 is 10.1 Å². The Hall–Kier alpha value is -1.94. The van der Waals surface area contributed by atoms with E-state index in [0.29, 0.717) is 13.0 Å². The van der Waals surface area contributed by atoms with Crippen molar-refractivity contribution in [1.82, 2.24) is 5.32 Å². The fourth-order valence-electron chi connectivity index (χ4n) is 2.42. The van der Waals surface area contributed by atoms with Crippen LogP contribution in [0.5, 0.6) is 5.75 Å². The zero-order chi connectivity index (χ0) is 17.4. The van der Waals surface area contributed by atoms with E-state index in [2.05, 4.69) is 49.5 Å². The summed E-state index contributed by atoms with van der Waals surface area (Å²) < 4.78 is 5.36. The van der Waals surface area contributed by atoms with Crippen LogP contribution in [0.15, 0.2) is 47.4 Å². The highest BCUT2D eigenvalue weighted by Crippen LogP contribution is 2.20. The van der Waals surface area contributed by atoms with Crippen molar-refractivity contribution in [1.29, 1.82) is 0 Å². The molecule has 0 radical (unpaired) electrons. The summed E-state index contributed by atoms with van der Waals surface area (Å²) in [6.45, 7) is 4.77. The van der Waals surface area contributed by atoms with Crippen molar-refractivity contribution >= 4 is 17.7 Å². The lowest BCUT2D eigenvalue weighted by molar-refractivity contribution is -0.120. The molecule has 24 heavy (non-hydrogen) atoms. The average molecular weight is 343 g/mol. The highest BCUT2D eigenvalue weighted by atomic mass is 32.2. The third-order valence-corrected chi connectivity index (χ3v) is 4.78. The number of benzene rings is 2. The van der Waals surface area contributed by atoms with Crippen LogP contribution in [0.1, 0.15) is 23.1 Å². The summed E-state index contributed by atoms with van der Waals surface area (Å²) >= 11 is 1.71. The number of amides is 1. The zero-order valence-electron chi connectivity index (χ0n) is 14.6. The largest absolute Gasteiger partial charge is 0.496 e. The van der Waals surface area contributed by atoms with Gasteiger partial charge in [0.25, 0.3) is 0 Å². The molecule has 0 fully saturated rings. The first-order valence-electron chi connectivity index (χ1n) is 8.18. The first-order chi connectivity index (χ1) is 11.6. The van der Waals surface area contributed by atoms with E-state index in [-0.39, 0.29) is 5.91 Å². The molecule has 2 rings (SSSR count). The van der Waals surface area contributed by atoms with E-state index in [4.69, 9.17) is 4.74 Å². The van der Waals surface area contributed by atoms with Gasteiger partial charge in [0, 0.05) is 23.6 Å². The molecule has 0 spiro atoms. The number of rotatable bonds is 8. The number of ether oxygens (including phenoxy) is 1. The van der Waals surface area contributed by atoms with Crippen LogP contribution in [0.25, 0.3) is 0 Å². The summed E-state index contributed by atoms with van der Waals surface area (Å²) in [4.78, 5) is 13.1. The van der Waals surface area contributed by atoms with Crippen molar-refractivity contribution in [2.24, 2.45) is 0 Å². The monoisotopic (exact) mass is 343 g/mol. The average Bonchev–Trinajstić information content (AvgIpc) is 2.57. The molecule has 3 nitrogen and oxygen atoms in total. The van der Waals surface area contributed by atoms with Crippen molar-refractivity contribution < 1.29 is 9.53 Å². The molecule has 0 aliphatic heterocycles. The predicted molar refractivity (Wildman–Crippen MR) is 101 cm³/mol. The number of hydrogen-bond acceptors (Lipinski definition) is 3. The maximum Gasteiger partial charge on any atom is 0.220 e. The Balaban J connectivity index is 1.70. The zero-order valence-corrected chi connectivity index (χ0v) is 15.4. The van der Waals surface area contributed by atoms with E-state index in [0.717, 1.165) is 23.5 Å². The van der Waals surface area contributed by atoms with Crippen molar-refractivity contribution in [2.45, 2.75) is 31.6 Å². The number of carbonyl (C=O) groups excluding carboxylic acids is 1. The van der Waals surface area contributed by atoms with E-state index in [1.165, 1.54) is 16.0 Å². The number of thioether (sulfide) groups is 1. The molecule has 0 aliphatic carbocycles. The fourth-order valence-corrected chi connectivity index (χ4v) is 3.28. The molecule has 0 atom stereocenters. The number of nitrogens with one attached hydrogen (secondary N) is 1. The summed E-state index contributed by atoms with van der Waals surface area (Å²) in [6, 6.07) is 14.5. The van der Waals surface area contributed by atoms with E-state index < -0.39 is 0 Å². The van der Waals surface area contributed by atoms with Gasteiger partial charge in [-0.25, -0.2) is 0 Å². The summed E-state index contributed by atoms with van der Waals surface area (Å²) in [7, 11) is 1.68. The minimum absolute atomic E-state index is 0.0984. The number of hydrogen-bond donors (Lipinski definition) is 1. The summed E-state index contributed by atoms with van der Waals surface area (Å²) in [5.74, 6) is 1.77. The van der Waals surface area contributed by atoms with E-state index in [1.54, 1.807) is 18.9 Å². The molecule has 2 aromatic rings. The Kier molecular flexibility index (Phi) is 7.19. The molecule has 128 valence electrons. The van der Waals surface area contributed by atoms with Crippen LogP contribution in [0, 0.1) is 13.8 Å². The molecule has 1 N–H and O–H groups in total. The van der Waals surface area contributed by atoms with Crippen LogP contribution in [0.4, 0.5) is 0 Å². The van der Waals surface area contributed by atoms with Gasteiger partial charge in [0.2, 0.25) is 5.91 Å². The SMILES string of the molecule is COc1ccc(C)cc1CCNC(=O)CCSc1ccc(C)cc1. The second-order valence-corrected chi connectivity index (χ2v) is 7.00. The maximum atomic E-state index is 11.9.